The average molecular weight is 306 g/mol. The van der Waals surface area contributed by atoms with Gasteiger partial charge in [0.2, 0.25) is 0 Å². The number of rotatable bonds is 3. The van der Waals surface area contributed by atoms with Gasteiger partial charge in [0.1, 0.15) is 0 Å². The Labute approximate surface area is 130 Å². The second-order valence-corrected chi connectivity index (χ2v) is 7.19. The summed E-state index contributed by atoms with van der Waals surface area (Å²) in [7, 11) is 0. The predicted octanol–water partition coefficient (Wildman–Crippen LogP) is 2.83. The van der Waals surface area contributed by atoms with Gasteiger partial charge >= 0.3 is 0 Å². The molecule has 2 atom stereocenters. The van der Waals surface area contributed by atoms with E-state index in [-0.39, 0.29) is 17.3 Å². The topological polar surface area (TPSA) is 52.1 Å². The molecule has 114 valence electrons. The molecule has 5 heteroatoms. The number of ketones is 1. The number of thioether (sulfide) groups is 1. The fourth-order valence-corrected chi connectivity index (χ4v) is 4.70. The zero-order valence-electron chi connectivity index (χ0n) is 12.7. The van der Waals surface area contributed by atoms with Crippen LogP contribution in [0.2, 0.25) is 0 Å². The van der Waals surface area contributed by atoms with Crippen LogP contribution < -0.4 is 0 Å². The van der Waals surface area contributed by atoms with Crippen molar-refractivity contribution in [2.45, 2.75) is 45.1 Å². The molecule has 2 fully saturated rings. The summed E-state index contributed by atoms with van der Waals surface area (Å²) in [6.07, 6.45) is 3.52. The van der Waals surface area contributed by atoms with Crippen molar-refractivity contribution in [3.05, 3.63) is 23.0 Å². The van der Waals surface area contributed by atoms with E-state index in [1.54, 1.807) is 0 Å². The van der Waals surface area contributed by atoms with Crippen LogP contribution in [0, 0.1) is 12.8 Å². The summed E-state index contributed by atoms with van der Waals surface area (Å²) in [5.41, 5.74) is 2.36. The monoisotopic (exact) mass is 306 g/mol. The summed E-state index contributed by atoms with van der Waals surface area (Å²) in [4.78, 5) is 12.9. The van der Waals surface area contributed by atoms with Gasteiger partial charge in [-0.25, -0.2) is 0 Å². The first kappa shape index (κ1) is 15.0. The number of aryl methyl sites for hydroxylation is 2. The van der Waals surface area contributed by atoms with Gasteiger partial charge in [-0.2, -0.15) is 22.0 Å². The molecule has 0 amide bonds. The van der Waals surface area contributed by atoms with Crippen LogP contribution in [-0.4, -0.2) is 39.7 Å². The smallest absolute Gasteiger partial charge is 0.168 e. The Balaban J connectivity index is 1.83. The van der Waals surface area contributed by atoms with Gasteiger partial charge in [-0.05, 0) is 44.4 Å². The molecule has 0 N–H and O–H groups in total. The molecule has 1 spiro atoms. The van der Waals surface area contributed by atoms with Crippen molar-refractivity contribution >= 4 is 17.5 Å². The quantitative estimate of drug-likeness (QED) is 0.804. The molecule has 0 aliphatic carbocycles. The Hall–Kier alpha value is -0.940. The standard InChI is InChI=1S/C16H22N2O2S/c1-3-14-13(8-11(2)17-18-14)15(19)12-4-6-20-16(9-12)5-7-21-10-16/h8,12H,3-7,9-10H2,1-2H3. The SMILES string of the molecule is CCc1nnc(C)cc1C(=O)C1CCOC2(CCSC2)C1. The molecule has 3 rings (SSSR count). The number of ether oxygens (including phenoxy) is 1. The summed E-state index contributed by atoms with van der Waals surface area (Å²) in [5, 5.41) is 8.27. The van der Waals surface area contributed by atoms with Crippen LogP contribution in [0.5, 0.6) is 0 Å². The minimum Gasteiger partial charge on any atom is -0.374 e. The summed E-state index contributed by atoms with van der Waals surface area (Å²) < 4.78 is 6.02. The Morgan fingerprint density at radius 1 is 1.52 bits per heavy atom. The molecule has 1 aromatic heterocycles. The molecule has 0 aromatic carbocycles. The van der Waals surface area contributed by atoms with E-state index < -0.39 is 0 Å². The predicted molar refractivity (Wildman–Crippen MR) is 83.8 cm³/mol. The van der Waals surface area contributed by atoms with Crippen LogP contribution in [0.15, 0.2) is 6.07 Å². The van der Waals surface area contributed by atoms with Crippen LogP contribution in [0.1, 0.15) is 47.9 Å². The van der Waals surface area contributed by atoms with Crippen molar-refractivity contribution in [3.8, 4) is 0 Å². The van der Waals surface area contributed by atoms with Gasteiger partial charge in [0.15, 0.2) is 5.78 Å². The Kier molecular flexibility index (Phi) is 4.31. The second-order valence-electron chi connectivity index (χ2n) is 6.09. The molecule has 2 aliphatic rings. The van der Waals surface area contributed by atoms with E-state index in [1.165, 1.54) is 0 Å². The maximum absolute atomic E-state index is 12.9. The molecule has 4 nitrogen and oxygen atoms in total. The van der Waals surface area contributed by atoms with E-state index in [2.05, 4.69) is 10.2 Å². The molecule has 1 aromatic rings. The van der Waals surface area contributed by atoms with E-state index in [9.17, 15) is 4.79 Å². The zero-order valence-corrected chi connectivity index (χ0v) is 13.5. The summed E-state index contributed by atoms with van der Waals surface area (Å²) in [6, 6.07) is 1.90. The number of carbonyl (C=O) groups excluding carboxylic acids is 1. The highest BCUT2D eigenvalue weighted by atomic mass is 32.2. The first-order valence-corrected chi connectivity index (χ1v) is 8.88. The van der Waals surface area contributed by atoms with E-state index in [4.69, 9.17) is 4.74 Å². The average Bonchev–Trinajstić information content (AvgIpc) is 2.94. The first-order chi connectivity index (χ1) is 10.1. The molecule has 2 saturated heterocycles. The normalized spacial score (nSPS) is 29.0. The van der Waals surface area contributed by atoms with Gasteiger partial charge in [0.25, 0.3) is 0 Å². The van der Waals surface area contributed by atoms with Gasteiger partial charge in [-0.1, -0.05) is 6.92 Å². The number of Topliss-reactive ketones (excluding diaryl/α,β-unsaturated/α-hetero) is 1. The van der Waals surface area contributed by atoms with Crippen LogP contribution in [0.4, 0.5) is 0 Å². The van der Waals surface area contributed by atoms with Gasteiger partial charge in [0.05, 0.1) is 17.0 Å². The third kappa shape index (κ3) is 2.99. The second kappa shape index (κ2) is 6.05. The minimum atomic E-state index is -0.0505. The molecule has 0 bridgehead atoms. The van der Waals surface area contributed by atoms with E-state index >= 15 is 0 Å². The maximum Gasteiger partial charge on any atom is 0.168 e. The summed E-state index contributed by atoms with van der Waals surface area (Å²) in [5.74, 6) is 2.50. The van der Waals surface area contributed by atoms with Crippen molar-refractivity contribution in [2.75, 3.05) is 18.1 Å². The van der Waals surface area contributed by atoms with Crippen molar-refractivity contribution in [3.63, 3.8) is 0 Å². The number of hydrogen-bond acceptors (Lipinski definition) is 5. The van der Waals surface area contributed by atoms with E-state index in [0.717, 1.165) is 54.1 Å². The lowest BCUT2D eigenvalue weighted by atomic mass is 9.81. The molecular weight excluding hydrogens is 284 g/mol. The van der Waals surface area contributed by atoms with Crippen LogP contribution in [-0.2, 0) is 11.2 Å². The van der Waals surface area contributed by atoms with Crippen molar-refractivity contribution < 1.29 is 9.53 Å². The van der Waals surface area contributed by atoms with Crippen LogP contribution in [0.25, 0.3) is 0 Å². The lowest BCUT2D eigenvalue weighted by molar-refractivity contribution is -0.0734. The summed E-state index contributed by atoms with van der Waals surface area (Å²) in [6.45, 7) is 4.62. The van der Waals surface area contributed by atoms with Crippen molar-refractivity contribution in [2.24, 2.45) is 5.92 Å². The molecule has 2 unspecified atom stereocenters. The third-order valence-electron chi connectivity index (χ3n) is 4.52. The maximum atomic E-state index is 12.9. The first-order valence-electron chi connectivity index (χ1n) is 7.73. The Morgan fingerprint density at radius 3 is 3.10 bits per heavy atom. The number of aromatic nitrogens is 2. The number of hydrogen-bond donors (Lipinski definition) is 0. The van der Waals surface area contributed by atoms with Crippen molar-refractivity contribution in [1.82, 2.24) is 10.2 Å². The fourth-order valence-electron chi connectivity index (χ4n) is 3.32. The van der Waals surface area contributed by atoms with Gasteiger partial charge in [0, 0.05) is 23.8 Å². The molecule has 21 heavy (non-hydrogen) atoms. The lowest BCUT2D eigenvalue weighted by Gasteiger charge is -2.37. The Morgan fingerprint density at radius 2 is 2.38 bits per heavy atom. The fraction of sp³-hybridized carbons (Fsp3) is 0.688. The largest absolute Gasteiger partial charge is 0.374 e. The summed E-state index contributed by atoms with van der Waals surface area (Å²) >= 11 is 1.94. The zero-order chi connectivity index (χ0) is 14.9. The van der Waals surface area contributed by atoms with Gasteiger partial charge in [-0.3, -0.25) is 4.79 Å². The lowest BCUT2D eigenvalue weighted by Crippen LogP contribution is -2.42. The van der Waals surface area contributed by atoms with Crippen LogP contribution >= 0.6 is 11.8 Å². The van der Waals surface area contributed by atoms with E-state index in [1.807, 2.05) is 31.7 Å². The Bertz CT molecular complexity index is 541. The number of nitrogens with zero attached hydrogens (tertiary/aromatic N) is 2. The van der Waals surface area contributed by atoms with Crippen LogP contribution in [0.3, 0.4) is 0 Å². The third-order valence-corrected chi connectivity index (χ3v) is 5.75. The highest BCUT2D eigenvalue weighted by Gasteiger charge is 2.42. The van der Waals surface area contributed by atoms with Crippen molar-refractivity contribution in [1.29, 1.82) is 0 Å². The van der Waals surface area contributed by atoms with Gasteiger partial charge in [-0.15, -0.1) is 0 Å². The minimum absolute atomic E-state index is 0.0505. The van der Waals surface area contributed by atoms with Gasteiger partial charge < -0.3 is 4.74 Å². The molecule has 2 aliphatic heterocycles. The molecular formula is C16H22N2O2S. The van der Waals surface area contributed by atoms with E-state index in [0.29, 0.717) is 6.61 Å². The highest BCUT2D eigenvalue weighted by molar-refractivity contribution is 7.99. The highest BCUT2D eigenvalue weighted by Crippen LogP contribution is 2.41. The molecule has 0 radical (unpaired) electrons. The molecule has 3 heterocycles. The molecule has 0 saturated carbocycles. The number of carbonyl (C=O) groups is 1.